The van der Waals surface area contributed by atoms with E-state index in [0.29, 0.717) is 0 Å². The molecule has 0 aromatic carbocycles. The van der Waals surface area contributed by atoms with Gasteiger partial charge in [0.2, 0.25) is 0 Å². The summed E-state index contributed by atoms with van der Waals surface area (Å²) in [7, 11) is 1.72. The molecule has 1 fully saturated rings. The molecule has 0 amide bonds. The predicted octanol–water partition coefficient (Wildman–Crippen LogP) is 0.467. The zero-order valence-corrected chi connectivity index (χ0v) is 9.85. The van der Waals surface area contributed by atoms with Crippen LogP contribution >= 0.6 is 0 Å². The summed E-state index contributed by atoms with van der Waals surface area (Å²) in [6.07, 6.45) is 5.32. The lowest BCUT2D eigenvalue weighted by atomic mass is 10.0. The summed E-state index contributed by atoms with van der Waals surface area (Å²) in [6, 6.07) is 0. The van der Waals surface area contributed by atoms with Crippen LogP contribution in [0, 0.1) is 5.92 Å². The van der Waals surface area contributed by atoms with Gasteiger partial charge in [-0.25, -0.2) is 0 Å². The number of nitrogens with zero attached hydrogens (tertiary/aromatic N) is 3. The van der Waals surface area contributed by atoms with Crippen molar-refractivity contribution in [3.63, 3.8) is 0 Å². The third-order valence-electron chi connectivity index (χ3n) is 3.17. The van der Waals surface area contributed by atoms with Crippen molar-refractivity contribution in [3.05, 3.63) is 12.2 Å². The molecule has 1 aliphatic rings. The minimum Gasteiger partial charge on any atom is -0.383 e. The number of methoxy groups -OCH3 is 1. The molecule has 5 nitrogen and oxygen atoms in total. The molecule has 16 heavy (non-hydrogen) atoms. The Kier molecular flexibility index (Phi) is 4.30. The molecular formula is C11H20N4O. The minimum absolute atomic E-state index is 0.718. The summed E-state index contributed by atoms with van der Waals surface area (Å²) >= 11 is 0. The van der Waals surface area contributed by atoms with Crippen molar-refractivity contribution >= 4 is 0 Å². The van der Waals surface area contributed by atoms with Crippen molar-refractivity contribution in [2.75, 3.05) is 26.8 Å². The molecular weight excluding hydrogens is 204 g/mol. The van der Waals surface area contributed by atoms with Crippen LogP contribution < -0.4 is 5.32 Å². The van der Waals surface area contributed by atoms with Crippen molar-refractivity contribution in [2.45, 2.75) is 25.8 Å². The quantitative estimate of drug-likeness (QED) is 0.763. The molecule has 0 aliphatic carbocycles. The van der Waals surface area contributed by atoms with Crippen LogP contribution in [-0.4, -0.2) is 41.6 Å². The number of hydrogen-bond donors (Lipinski definition) is 1. The number of aromatic nitrogens is 3. The van der Waals surface area contributed by atoms with Crippen LogP contribution in [0.1, 0.15) is 18.7 Å². The zero-order chi connectivity index (χ0) is 11.2. The summed E-state index contributed by atoms with van der Waals surface area (Å²) in [5.41, 5.74) is 0. The normalized spacial score (nSPS) is 20.4. The van der Waals surface area contributed by atoms with E-state index in [4.69, 9.17) is 4.74 Å². The van der Waals surface area contributed by atoms with Crippen LogP contribution in [0.25, 0.3) is 0 Å². The van der Waals surface area contributed by atoms with E-state index < -0.39 is 0 Å². The van der Waals surface area contributed by atoms with E-state index in [9.17, 15) is 0 Å². The number of nitrogens with one attached hydrogen (secondary N) is 1. The first kappa shape index (κ1) is 11.5. The lowest BCUT2D eigenvalue weighted by Gasteiger charge is -2.08. The second-order valence-electron chi connectivity index (χ2n) is 4.33. The minimum atomic E-state index is 0.718. The van der Waals surface area contributed by atoms with Crippen molar-refractivity contribution in [2.24, 2.45) is 5.92 Å². The highest BCUT2D eigenvalue weighted by Crippen LogP contribution is 2.14. The monoisotopic (exact) mass is 224 g/mol. The van der Waals surface area contributed by atoms with Crippen LogP contribution in [0.4, 0.5) is 0 Å². The molecule has 1 N–H and O–H groups in total. The lowest BCUT2D eigenvalue weighted by molar-refractivity contribution is 0.186. The number of aryl methyl sites for hydroxylation is 1. The SMILES string of the molecule is COCCn1cnnc1CCC1CCNC1. The first-order chi connectivity index (χ1) is 7.90. The fraction of sp³-hybridized carbons (Fsp3) is 0.818. The van der Waals surface area contributed by atoms with Crippen molar-refractivity contribution in [1.29, 1.82) is 0 Å². The van der Waals surface area contributed by atoms with E-state index in [2.05, 4.69) is 20.1 Å². The Morgan fingerprint density at radius 1 is 1.62 bits per heavy atom. The summed E-state index contributed by atoms with van der Waals surface area (Å²) in [5.74, 6) is 1.90. The molecule has 1 atom stereocenters. The second kappa shape index (κ2) is 5.96. The van der Waals surface area contributed by atoms with E-state index >= 15 is 0 Å². The molecule has 1 saturated heterocycles. The number of hydrogen-bond acceptors (Lipinski definition) is 4. The molecule has 2 rings (SSSR count). The molecule has 0 spiro atoms. The van der Waals surface area contributed by atoms with Crippen molar-refractivity contribution < 1.29 is 4.74 Å². The van der Waals surface area contributed by atoms with Gasteiger partial charge in [-0.05, 0) is 31.8 Å². The molecule has 1 aromatic heterocycles. The van der Waals surface area contributed by atoms with Gasteiger partial charge in [0.05, 0.1) is 6.61 Å². The van der Waals surface area contributed by atoms with Gasteiger partial charge in [-0.1, -0.05) is 0 Å². The Balaban J connectivity index is 1.80. The Hall–Kier alpha value is -0.940. The van der Waals surface area contributed by atoms with Crippen LogP contribution in [0.3, 0.4) is 0 Å². The zero-order valence-electron chi connectivity index (χ0n) is 9.85. The third-order valence-corrected chi connectivity index (χ3v) is 3.17. The van der Waals surface area contributed by atoms with Crippen LogP contribution in [0.5, 0.6) is 0 Å². The molecule has 1 unspecified atom stereocenters. The molecule has 1 aromatic rings. The average Bonchev–Trinajstić information content (AvgIpc) is 2.94. The standard InChI is InChI=1S/C11H20N4O/c1-16-7-6-15-9-13-14-11(15)3-2-10-4-5-12-8-10/h9-10,12H,2-8H2,1H3. The van der Waals surface area contributed by atoms with Crippen LogP contribution in [0.15, 0.2) is 6.33 Å². The van der Waals surface area contributed by atoms with Gasteiger partial charge in [0.15, 0.2) is 0 Å². The van der Waals surface area contributed by atoms with E-state index in [1.807, 2.05) is 0 Å². The van der Waals surface area contributed by atoms with Gasteiger partial charge in [0.1, 0.15) is 12.2 Å². The predicted molar refractivity (Wildman–Crippen MR) is 61.2 cm³/mol. The van der Waals surface area contributed by atoms with Crippen molar-refractivity contribution in [1.82, 2.24) is 20.1 Å². The van der Waals surface area contributed by atoms with Gasteiger partial charge >= 0.3 is 0 Å². The Morgan fingerprint density at radius 3 is 3.31 bits per heavy atom. The van der Waals surface area contributed by atoms with Gasteiger partial charge in [-0.3, -0.25) is 0 Å². The maximum Gasteiger partial charge on any atom is 0.132 e. The van der Waals surface area contributed by atoms with Gasteiger partial charge in [-0.15, -0.1) is 10.2 Å². The van der Waals surface area contributed by atoms with E-state index in [1.165, 1.54) is 19.4 Å². The largest absolute Gasteiger partial charge is 0.383 e. The van der Waals surface area contributed by atoms with Crippen molar-refractivity contribution in [3.8, 4) is 0 Å². The summed E-state index contributed by atoms with van der Waals surface area (Å²) in [5, 5.41) is 11.5. The van der Waals surface area contributed by atoms with Gasteiger partial charge in [0.25, 0.3) is 0 Å². The lowest BCUT2D eigenvalue weighted by Crippen LogP contribution is -2.12. The topological polar surface area (TPSA) is 52.0 Å². The maximum absolute atomic E-state index is 5.06. The number of ether oxygens (including phenoxy) is 1. The first-order valence-electron chi connectivity index (χ1n) is 5.96. The highest BCUT2D eigenvalue weighted by molar-refractivity contribution is 4.87. The molecule has 0 radical (unpaired) electrons. The first-order valence-corrected chi connectivity index (χ1v) is 5.96. The third kappa shape index (κ3) is 3.02. The second-order valence-corrected chi connectivity index (χ2v) is 4.33. The Bertz CT molecular complexity index is 307. The Morgan fingerprint density at radius 2 is 2.56 bits per heavy atom. The highest BCUT2D eigenvalue weighted by Gasteiger charge is 2.15. The maximum atomic E-state index is 5.06. The summed E-state index contributed by atoms with van der Waals surface area (Å²) in [4.78, 5) is 0. The fourth-order valence-corrected chi connectivity index (χ4v) is 2.14. The Labute approximate surface area is 96.2 Å². The fourth-order valence-electron chi connectivity index (χ4n) is 2.14. The molecule has 5 heteroatoms. The molecule has 2 heterocycles. The van der Waals surface area contributed by atoms with Gasteiger partial charge in [0, 0.05) is 20.1 Å². The van der Waals surface area contributed by atoms with Gasteiger partial charge < -0.3 is 14.6 Å². The highest BCUT2D eigenvalue weighted by atomic mass is 16.5. The van der Waals surface area contributed by atoms with Gasteiger partial charge in [-0.2, -0.15) is 0 Å². The summed E-state index contributed by atoms with van der Waals surface area (Å²) < 4.78 is 7.15. The molecule has 0 saturated carbocycles. The van der Waals surface area contributed by atoms with E-state index in [0.717, 1.165) is 37.9 Å². The molecule has 90 valence electrons. The smallest absolute Gasteiger partial charge is 0.132 e. The van der Waals surface area contributed by atoms with Crippen LogP contribution in [0.2, 0.25) is 0 Å². The van der Waals surface area contributed by atoms with E-state index in [-0.39, 0.29) is 0 Å². The van der Waals surface area contributed by atoms with Crippen LogP contribution in [-0.2, 0) is 17.7 Å². The molecule has 0 bridgehead atoms. The molecule has 1 aliphatic heterocycles. The summed E-state index contributed by atoms with van der Waals surface area (Å²) in [6.45, 7) is 3.89. The average molecular weight is 224 g/mol. The number of rotatable bonds is 6. The van der Waals surface area contributed by atoms with E-state index in [1.54, 1.807) is 13.4 Å².